The molecule has 3 aromatic rings. The van der Waals surface area contributed by atoms with E-state index in [1.165, 1.54) is 0 Å². The smallest absolute Gasteiger partial charge is 0.229 e. The third-order valence-corrected chi connectivity index (χ3v) is 4.61. The van der Waals surface area contributed by atoms with Crippen molar-refractivity contribution < 1.29 is 17.8 Å². The number of nitrogens with zero attached hydrogens (tertiary/aromatic N) is 3. The van der Waals surface area contributed by atoms with Gasteiger partial charge in [-0.2, -0.15) is 0 Å². The van der Waals surface area contributed by atoms with E-state index >= 15 is 0 Å². The van der Waals surface area contributed by atoms with Gasteiger partial charge in [0.15, 0.2) is 0 Å². The van der Waals surface area contributed by atoms with Crippen LogP contribution in [0.4, 0.5) is 5.69 Å². The minimum atomic E-state index is -3.24. The zero-order valence-electron chi connectivity index (χ0n) is 15.7. The van der Waals surface area contributed by atoms with E-state index in [1.807, 2.05) is 31.3 Å². The van der Waals surface area contributed by atoms with Crippen LogP contribution in [0.15, 0.2) is 47.1 Å². The molecule has 0 fully saturated rings. The van der Waals surface area contributed by atoms with Crippen LogP contribution in [0.2, 0.25) is 0 Å². The fourth-order valence-corrected chi connectivity index (χ4v) is 3.12. The van der Waals surface area contributed by atoms with E-state index in [2.05, 4.69) is 24.6 Å². The summed E-state index contributed by atoms with van der Waals surface area (Å²) in [6, 6.07) is 12.9. The zero-order valence-corrected chi connectivity index (χ0v) is 17.3. The second-order valence-corrected chi connectivity index (χ2v) is 8.14. The fourth-order valence-electron chi connectivity index (χ4n) is 2.56. The Morgan fingerprint density at radius 3 is 2.50 bits per heavy atom. The Kier molecular flexibility index (Phi) is 7.61. The summed E-state index contributed by atoms with van der Waals surface area (Å²) in [5, 5.41) is 7.56. The highest BCUT2D eigenvalue weighted by molar-refractivity contribution is 7.92. The molecular formula is C18H23ClN4O4S. The molecule has 28 heavy (non-hydrogen) atoms. The number of likely N-dealkylation sites (N-methyl/N-ethyl adjacent to an activating group) is 1. The first kappa shape index (κ1) is 21.9. The number of hydrogen-bond acceptors (Lipinski definition) is 7. The summed E-state index contributed by atoms with van der Waals surface area (Å²) in [6.07, 6.45) is 2.00. The maximum Gasteiger partial charge on any atom is 0.229 e. The molecule has 2 aromatic carbocycles. The molecule has 1 heterocycles. The molecule has 0 unspecified atom stereocenters. The first-order valence-corrected chi connectivity index (χ1v) is 10.4. The van der Waals surface area contributed by atoms with Crippen molar-refractivity contribution in [1.82, 2.24) is 15.2 Å². The number of ether oxygens (including phenoxy) is 1. The predicted octanol–water partition coefficient (Wildman–Crippen LogP) is 2.57. The lowest BCUT2D eigenvalue weighted by atomic mass is 10.1. The van der Waals surface area contributed by atoms with E-state index in [0.717, 1.165) is 37.1 Å². The standard InChI is InChI=1S/C18H22N4O4S.ClH/c1-22(10-9-14-3-5-15(6-4-14)21-27(2,23)24)11-12-25-16-7-8-17-18(13-16)20-26-19-17;/h3-8,13,21H,9-12H2,1-2H3;1H. The van der Waals surface area contributed by atoms with Gasteiger partial charge in [-0.1, -0.05) is 12.1 Å². The SMILES string of the molecule is CN(CCOc1ccc2nonc2c1)CCc1ccc(NS(C)(=O)=O)cc1.Cl. The average Bonchev–Trinajstić information content (AvgIpc) is 3.07. The van der Waals surface area contributed by atoms with Crippen molar-refractivity contribution in [3.63, 3.8) is 0 Å². The van der Waals surface area contributed by atoms with Crippen LogP contribution in [0.3, 0.4) is 0 Å². The summed E-state index contributed by atoms with van der Waals surface area (Å²) in [4.78, 5) is 2.18. The Bertz CT molecular complexity index is 992. The van der Waals surface area contributed by atoms with Gasteiger partial charge in [-0.05, 0) is 53.6 Å². The van der Waals surface area contributed by atoms with Crippen LogP contribution in [0, 0.1) is 0 Å². The van der Waals surface area contributed by atoms with Crippen molar-refractivity contribution in [1.29, 1.82) is 0 Å². The lowest BCUT2D eigenvalue weighted by Crippen LogP contribution is -2.26. The number of rotatable bonds is 9. The number of hydrogen-bond donors (Lipinski definition) is 1. The molecule has 0 bridgehead atoms. The number of benzene rings is 2. The molecule has 0 aliphatic carbocycles. The molecule has 1 N–H and O–H groups in total. The molecule has 0 saturated carbocycles. The summed E-state index contributed by atoms with van der Waals surface area (Å²) < 4.78 is 35.3. The van der Waals surface area contributed by atoms with Gasteiger partial charge in [0, 0.05) is 24.8 Å². The highest BCUT2D eigenvalue weighted by Gasteiger charge is 2.05. The third kappa shape index (κ3) is 6.66. The number of anilines is 1. The molecule has 3 rings (SSSR count). The van der Waals surface area contributed by atoms with E-state index in [9.17, 15) is 8.42 Å². The van der Waals surface area contributed by atoms with Crippen molar-refractivity contribution in [3.05, 3.63) is 48.0 Å². The molecule has 0 atom stereocenters. The minimum Gasteiger partial charge on any atom is -0.492 e. The number of fused-ring (bicyclic) bond motifs is 1. The normalized spacial score (nSPS) is 11.4. The number of nitrogens with one attached hydrogen (secondary N) is 1. The maximum atomic E-state index is 11.2. The van der Waals surface area contributed by atoms with E-state index < -0.39 is 10.0 Å². The highest BCUT2D eigenvalue weighted by Crippen LogP contribution is 2.17. The molecule has 1 aromatic heterocycles. The Morgan fingerprint density at radius 2 is 1.79 bits per heavy atom. The second-order valence-electron chi connectivity index (χ2n) is 6.39. The quantitative estimate of drug-likeness (QED) is 0.561. The van der Waals surface area contributed by atoms with E-state index in [1.54, 1.807) is 18.2 Å². The molecule has 152 valence electrons. The van der Waals surface area contributed by atoms with E-state index in [4.69, 9.17) is 4.74 Å². The van der Waals surface area contributed by atoms with Gasteiger partial charge >= 0.3 is 0 Å². The van der Waals surface area contributed by atoms with Gasteiger partial charge in [-0.3, -0.25) is 4.72 Å². The topological polar surface area (TPSA) is 97.6 Å². The van der Waals surface area contributed by atoms with Crippen molar-refractivity contribution in [2.75, 3.05) is 37.7 Å². The predicted molar refractivity (Wildman–Crippen MR) is 111 cm³/mol. The first-order valence-electron chi connectivity index (χ1n) is 8.49. The summed E-state index contributed by atoms with van der Waals surface area (Å²) in [7, 11) is -1.21. The van der Waals surface area contributed by atoms with Crippen LogP contribution in [0.25, 0.3) is 11.0 Å². The molecule has 0 spiro atoms. The summed E-state index contributed by atoms with van der Waals surface area (Å²) in [5.74, 6) is 0.737. The number of sulfonamides is 1. The van der Waals surface area contributed by atoms with Gasteiger partial charge < -0.3 is 9.64 Å². The van der Waals surface area contributed by atoms with Gasteiger partial charge in [-0.25, -0.2) is 13.0 Å². The monoisotopic (exact) mass is 426 g/mol. The van der Waals surface area contributed by atoms with Crippen LogP contribution in [0.1, 0.15) is 5.56 Å². The second kappa shape index (κ2) is 9.72. The van der Waals surface area contributed by atoms with Crippen LogP contribution in [0.5, 0.6) is 5.75 Å². The fraction of sp³-hybridized carbons (Fsp3) is 0.333. The largest absolute Gasteiger partial charge is 0.492 e. The summed E-state index contributed by atoms with van der Waals surface area (Å²) in [5.41, 5.74) is 3.10. The van der Waals surface area contributed by atoms with Gasteiger partial charge in [0.1, 0.15) is 23.4 Å². The van der Waals surface area contributed by atoms with Crippen molar-refractivity contribution in [3.8, 4) is 5.75 Å². The third-order valence-electron chi connectivity index (χ3n) is 4.01. The Labute approximate surface area is 170 Å². The molecular weight excluding hydrogens is 404 g/mol. The van der Waals surface area contributed by atoms with Crippen LogP contribution in [-0.4, -0.2) is 56.6 Å². The van der Waals surface area contributed by atoms with Gasteiger partial charge in [-0.15, -0.1) is 12.4 Å². The summed E-state index contributed by atoms with van der Waals surface area (Å²) in [6.45, 7) is 2.21. The summed E-state index contributed by atoms with van der Waals surface area (Å²) >= 11 is 0. The van der Waals surface area contributed by atoms with Crippen molar-refractivity contribution >= 4 is 39.2 Å². The van der Waals surface area contributed by atoms with Gasteiger partial charge in [0.2, 0.25) is 10.0 Å². The lowest BCUT2D eigenvalue weighted by Gasteiger charge is -2.17. The maximum absolute atomic E-state index is 11.2. The molecule has 8 nitrogen and oxygen atoms in total. The Morgan fingerprint density at radius 1 is 1.07 bits per heavy atom. The molecule has 0 saturated heterocycles. The molecule has 0 aliphatic rings. The highest BCUT2D eigenvalue weighted by atomic mass is 35.5. The Hall–Kier alpha value is -2.36. The molecule has 0 radical (unpaired) electrons. The molecule has 10 heteroatoms. The Balaban J connectivity index is 0.00000280. The van der Waals surface area contributed by atoms with Crippen LogP contribution in [-0.2, 0) is 16.4 Å². The zero-order chi connectivity index (χ0) is 19.3. The average molecular weight is 427 g/mol. The number of halogens is 1. The molecule has 0 aliphatic heterocycles. The number of aromatic nitrogens is 2. The van der Waals surface area contributed by atoms with Crippen LogP contribution >= 0.6 is 12.4 Å². The van der Waals surface area contributed by atoms with Gasteiger partial charge in [0.25, 0.3) is 0 Å². The van der Waals surface area contributed by atoms with Crippen LogP contribution < -0.4 is 9.46 Å². The lowest BCUT2D eigenvalue weighted by molar-refractivity contribution is 0.239. The van der Waals surface area contributed by atoms with Crippen molar-refractivity contribution in [2.24, 2.45) is 0 Å². The first-order chi connectivity index (χ1) is 12.9. The van der Waals surface area contributed by atoms with E-state index in [-0.39, 0.29) is 12.4 Å². The molecule has 0 amide bonds. The van der Waals surface area contributed by atoms with Crippen molar-refractivity contribution in [2.45, 2.75) is 6.42 Å². The van der Waals surface area contributed by atoms with Gasteiger partial charge in [0.05, 0.1) is 6.26 Å². The van der Waals surface area contributed by atoms with E-state index in [0.29, 0.717) is 23.3 Å². The minimum absolute atomic E-state index is 0.